The molecule has 106 valence electrons. The van der Waals surface area contributed by atoms with Crippen LogP contribution < -0.4 is 0 Å². The summed E-state index contributed by atoms with van der Waals surface area (Å²) in [5.41, 5.74) is 0. The maximum absolute atomic E-state index is 11.9. The molecule has 1 unspecified atom stereocenters. The van der Waals surface area contributed by atoms with E-state index in [2.05, 4.69) is 4.98 Å². The highest BCUT2D eigenvalue weighted by Crippen LogP contribution is 2.24. The zero-order chi connectivity index (χ0) is 14.5. The van der Waals surface area contributed by atoms with Gasteiger partial charge in [-0.1, -0.05) is 13.0 Å². The average Bonchev–Trinajstić information content (AvgIpc) is 2.77. The van der Waals surface area contributed by atoms with E-state index in [9.17, 15) is 14.4 Å². The Morgan fingerprint density at radius 3 is 2.65 bits per heavy atom. The largest absolute Gasteiger partial charge is 0.274 e. The van der Waals surface area contributed by atoms with Crippen LogP contribution in [0, 0.1) is 0 Å². The first-order valence-electron chi connectivity index (χ1n) is 6.54. The van der Waals surface area contributed by atoms with E-state index in [-0.39, 0.29) is 42.2 Å². The van der Waals surface area contributed by atoms with E-state index in [1.165, 1.54) is 0 Å². The van der Waals surface area contributed by atoms with Crippen LogP contribution in [0.2, 0.25) is 0 Å². The topological polar surface area (TPSA) is 67.3 Å². The standard InChI is InChI=1S/C14H16N2O3S/c1-10(20-11-4-2-3-9-15-11)5-6-12(17)16-13(18)7-8-14(16)19/h2-4,9-10H,5-8H2,1H3. The van der Waals surface area contributed by atoms with Crippen LogP contribution in [0.4, 0.5) is 0 Å². The minimum Gasteiger partial charge on any atom is -0.274 e. The zero-order valence-electron chi connectivity index (χ0n) is 11.2. The molecule has 1 aliphatic heterocycles. The van der Waals surface area contributed by atoms with Crippen LogP contribution in [-0.4, -0.2) is 32.9 Å². The molecule has 0 radical (unpaired) electrons. The third-order valence-corrected chi connectivity index (χ3v) is 4.15. The number of carbonyl (C=O) groups excluding carboxylic acids is 3. The third kappa shape index (κ3) is 3.66. The van der Waals surface area contributed by atoms with E-state index >= 15 is 0 Å². The van der Waals surface area contributed by atoms with Crippen molar-refractivity contribution in [1.29, 1.82) is 0 Å². The van der Waals surface area contributed by atoms with E-state index in [4.69, 9.17) is 0 Å². The lowest BCUT2D eigenvalue weighted by Crippen LogP contribution is -2.35. The second-order valence-corrected chi connectivity index (χ2v) is 6.11. The smallest absolute Gasteiger partial charge is 0.236 e. The van der Waals surface area contributed by atoms with Gasteiger partial charge < -0.3 is 0 Å². The molecular formula is C14H16N2O3S. The highest BCUT2D eigenvalue weighted by Gasteiger charge is 2.33. The zero-order valence-corrected chi connectivity index (χ0v) is 12.1. The molecule has 2 rings (SSSR count). The maximum atomic E-state index is 11.9. The molecule has 0 saturated carbocycles. The molecule has 0 aromatic carbocycles. The first-order valence-corrected chi connectivity index (χ1v) is 7.42. The molecule has 0 spiro atoms. The number of rotatable bonds is 5. The van der Waals surface area contributed by atoms with E-state index in [1.807, 2.05) is 25.1 Å². The number of carbonyl (C=O) groups is 3. The molecule has 0 bridgehead atoms. The summed E-state index contributed by atoms with van der Waals surface area (Å²) >= 11 is 1.58. The van der Waals surface area contributed by atoms with Gasteiger partial charge in [0.15, 0.2) is 0 Å². The predicted molar refractivity (Wildman–Crippen MR) is 74.9 cm³/mol. The van der Waals surface area contributed by atoms with Gasteiger partial charge in [0.05, 0.1) is 5.03 Å². The summed E-state index contributed by atoms with van der Waals surface area (Å²) in [4.78, 5) is 39.8. The average molecular weight is 292 g/mol. The SMILES string of the molecule is CC(CCC(=O)N1C(=O)CCC1=O)Sc1ccccn1. The van der Waals surface area contributed by atoms with Crippen molar-refractivity contribution >= 4 is 29.5 Å². The van der Waals surface area contributed by atoms with Crippen molar-refractivity contribution in [3.05, 3.63) is 24.4 Å². The molecule has 20 heavy (non-hydrogen) atoms. The van der Waals surface area contributed by atoms with Gasteiger partial charge in [-0.3, -0.25) is 14.4 Å². The van der Waals surface area contributed by atoms with E-state index in [0.717, 1.165) is 9.93 Å². The molecule has 0 aliphatic carbocycles. The first kappa shape index (κ1) is 14.7. The fraction of sp³-hybridized carbons (Fsp3) is 0.429. The Kier molecular flexibility index (Phi) is 4.89. The summed E-state index contributed by atoms with van der Waals surface area (Å²) in [5, 5.41) is 1.10. The van der Waals surface area contributed by atoms with Gasteiger partial charge in [-0.15, -0.1) is 11.8 Å². The van der Waals surface area contributed by atoms with Crippen molar-refractivity contribution in [3.63, 3.8) is 0 Å². The van der Waals surface area contributed by atoms with Gasteiger partial charge in [0.1, 0.15) is 0 Å². The maximum Gasteiger partial charge on any atom is 0.236 e. The van der Waals surface area contributed by atoms with Crippen LogP contribution in [0.5, 0.6) is 0 Å². The minimum absolute atomic E-state index is 0.156. The van der Waals surface area contributed by atoms with Crippen molar-refractivity contribution < 1.29 is 14.4 Å². The van der Waals surface area contributed by atoms with E-state index < -0.39 is 0 Å². The first-order chi connectivity index (χ1) is 9.58. The lowest BCUT2D eigenvalue weighted by Gasteiger charge is -2.14. The minimum atomic E-state index is -0.383. The van der Waals surface area contributed by atoms with Crippen LogP contribution >= 0.6 is 11.8 Å². The van der Waals surface area contributed by atoms with Gasteiger partial charge in [-0.2, -0.15) is 0 Å². The molecule has 1 aromatic heterocycles. The lowest BCUT2D eigenvalue weighted by atomic mass is 10.2. The molecular weight excluding hydrogens is 276 g/mol. The summed E-state index contributed by atoms with van der Waals surface area (Å²) in [5.74, 6) is -1.12. The number of amides is 3. The molecule has 1 fully saturated rings. The van der Waals surface area contributed by atoms with Gasteiger partial charge >= 0.3 is 0 Å². The Balaban J connectivity index is 1.81. The number of thioether (sulfide) groups is 1. The Morgan fingerprint density at radius 1 is 1.35 bits per heavy atom. The summed E-state index contributed by atoms with van der Waals surface area (Å²) in [6.45, 7) is 2.00. The molecule has 3 amide bonds. The number of imide groups is 3. The Hall–Kier alpha value is -1.69. The summed E-state index contributed by atoms with van der Waals surface area (Å²) in [6, 6.07) is 5.67. The second-order valence-electron chi connectivity index (χ2n) is 4.65. The van der Waals surface area contributed by atoms with Crippen molar-refractivity contribution in [3.8, 4) is 0 Å². The van der Waals surface area contributed by atoms with Crippen molar-refractivity contribution in [2.75, 3.05) is 0 Å². The summed E-state index contributed by atoms with van der Waals surface area (Å²) < 4.78 is 0. The number of hydrogen-bond donors (Lipinski definition) is 0. The lowest BCUT2D eigenvalue weighted by molar-refractivity contribution is -0.149. The van der Waals surface area contributed by atoms with Gasteiger partial charge in [-0.05, 0) is 18.6 Å². The van der Waals surface area contributed by atoms with Gasteiger partial charge in [-0.25, -0.2) is 9.88 Å². The Labute approximate surface area is 121 Å². The quantitative estimate of drug-likeness (QED) is 0.613. The highest BCUT2D eigenvalue weighted by molar-refractivity contribution is 7.99. The Bertz CT molecular complexity index is 502. The van der Waals surface area contributed by atoms with Crippen LogP contribution in [0.1, 0.15) is 32.6 Å². The summed E-state index contributed by atoms with van der Waals surface area (Å²) in [6.07, 6.45) is 2.85. The number of aromatic nitrogens is 1. The molecule has 1 atom stereocenters. The molecule has 5 nitrogen and oxygen atoms in total. The molecule has 6 heteroatoms. The fourth-order valence-corrected chi connectivity index (χ4v) is 2.90. The fourth-order valence-electron chi connectivity index (χ4n) is 1.98. The normalized spacial score (nSPS) is 16.6. The highest BCUT2D eigenvalue weighted by atomic mass is 32.2. The predicted octanol–water partition coefficient (Wildman–Crippen LogP) is 2.02. The van der Waals surface area contributed by atoms with E-state index in [1.54, 1.807) is 18.0 Å². The van der Waals surface area contributed by atoms with Crippen molar-refractivity contribution in [2.45, 2.75) is 42.9 Å². The molecule has 1 saturated heterocycles. The van der Waals surface area contributed by atoms with Gasteiger partial charge in [0, 0.05) is 30.7 Å². The number of likely N-dealkylation sites (tertiary alicyclic amines) is 1. The third-order valence-electron chi connectivity index (χ3n) is 3.03. The number of hydrogen-bond acceptors (Lipinski definition) is 5. The van der Waals surface area contributed by atoms with Crippen LogP contribution in [0.25, 0.3) is 0 Å². The second kappa shape index (κ2) is 6.65. The monoisotopic (exact) mass is 292 g/mol. The van der Waals surface area contributed by atoms with Crippen LogP contribution in [0.3, 0.4) is 0 Å². The van der Waals surface area contributed by atoms with Crippen LogP contribution in [-0.2, 0) is 14.4 Å². The summed E-state index contributed by atoms with van der Waals surface area (Å²) in [7, 11) is 0. The molecule has 0 N–H and O–H groups in total. The molecule has 1 aromatic rings. The number of pyridine rings is 1. The molecule has 2 heterocycles. The van der Waals surface area contributed by atoms with Crippen molar-refractivity contribution in [1.82, 2.24) is 9.88 Å². The van der Waals surface area contributed by atoms with E-state index in [0.29, 0.717) is 6.42 Å². The van der Waals surface area contributed by atoms with Crippen molar-refractivity contribution in [2.24, 2.45) is 0 Å². The Morgan fingerprint density at radius 2 is 2.05 bits per heavy atom. The molecule has 1 aliphatic rings. The van der Waals surface area contributed by atoms with Gasteiger partial charge in [0.25, 0.3) is 0 Å². The van der Waals surface area contributed by atoms with Crippen LogP contribution in [0.15, 0.2) is 29.4 Å². The van der Waals surface area contributed by atoms with Gasteiger partial charge in [0.2, 0.25) is 17.7 Å². The number of nitrogens with zero attached hydrogens (tertiary/aromatic N) is 2.